The average molecular weight is 719 g/mol. The van der Waals surface area contributed by atoms with Gasteiger partial charge in [-0.3, -0.25) is 0 Å². The SMILES string of the molecule is CCC1CCC(C2CCC(C(OC(c3ccc(C(F)(F)F)cc3)C3CCC(C4CCC(CC)CC4)CC3)c3ccc(C(F)(F)F)cc3)CC2)CC1. The van der Waals surface area contributed by atoms with E-state index in [1.807, 2.05) is 0 Å². The molecule has 0 bridgehead atoms. The van der Waals surface area contributed by atoms with Crippen LogP contribution in [0.25, 0.3) is 0 Å². The van der Waals surface area contributed by atoms with Crippen LogP contribution in [0, 0.1) is 47.3 Å². The first kappa shape index (κ1) is 38.7. The van der Waals surface area contributed by atoms with Crippen molar-refractivity contribution in [1.29, 1.82) is 0 Å². The molecule has 0 heterocycles. The molecule has 0 aliphatic heterocycles. The van der Waals surface area contributed by atoms with Crippen molar-refractivity contribution in [1.82, 2.24) is 0 Å². The molecular formula is C44H60F6O. The molecule has 0 spiro atoms. The van der Waals surface area contributed by atoms with Crippen molar-refractivity contribution in [3.05, 3.63) is 70.8 Å². The summed E-state index contributed by atoms with van der Waals surface area (Å²) in [5, 5.41) is 0. The van der Waals surface area contributed by atoms with Crippen molar-refractivity contribution in [2.24, 2.45) is 47.3 Å². The van der Waals surface area contributed by atoms with Crippen molar-refractivity contribution in [3.63, 3.8) is 0 Å². The Bertz CT molecular complexity index is 1210. The second kappa shape index (κ2) is 17.0. The van der Waals surface area contributed by atoms with Crippen LogP contribution < -0.4 is 0 Å². The fourth-order valence-corrected chi connectivity index (χ4v) is 10.8. The third-order valence-corrected chi connectivity index (χ3v) is 14.2. The summed E-state index contributed by atoms with van der Waals surface area (Å²) >= 11 is 0. The lowest BCUT2D eigenvalue weighted by Crippen LogP contribution is -2.31. The molecule has 2 aromatic rings. The molecular weight excluding hydrogens is 658 g/mol. The number of hydrogen-bond donors (Lipinski definition) is 0. The Morgan fingerprint density at radius 3 is 0.980 bits per heavy atom. The zero-order valence-electron chi connectivity index (χ0n) is 30.8. The van der Waals surface area contributed by atoms with E-state index in [-0.39, 0.29) is 11.8 Å². The van der Waals surface area contributed by atoms with Gasteiger partial charge in [0.15, 0.2) is 0 Å². The summed E-state index contributed by atoms with van der Waals surface area (Å²) in [5.41, 5.74) is 0.130. The van der Waals surface area contributed by atoms with Crippen molar-refractivity contribution in [2.45, 2.75) is 154 Å². The number of hydrogen-bond acceptors (Lipinski definition) is 1. The van der Waals surface area contributed by atoms with Gasteiger partial charge in [-0.2, -0.15) is 26.3 Å². The lowest BCUT2D eigenvalue weighted by molar-refractivity contribution is -0.138. The average Bonchev–Trinajstić information content (AvgIpc) is 3.15. The fourth-order valence-electron chi connectivity index (χ4n) is 10.8. The van der Waals surface area contributed by atoms with E-state index in [2.05, 4.69) is 13.8 Å². The van der Waals surface area contributed by atoms with Gasteiger partial charge in [0.05, 0.1) is 23.3 Å². The Hall–Kier alpha value is -2.02. The normalized spacial score (nSPS) is 32.3. The Morgan fingerprint density at radius 1 is 0.451 bits per heavy atom. The lowest BCUT2D eigenvalue weighted by Gasteiger charge is -2.43. The topological polar surface area (TPSA) is 9.23 Å². The summed E-state index contributed by atoms with van der Waals surface area (Å²) < 4.78 is 89.0. The second-order valence-corrected chi connectivity index (χ2v) is 16.9. The van der Waals surface area contributed by atoms with Gasteiger partial charge in [0.25, 0.3) is 0 Å². The van der Waals surface area contributed by atoms with E-state index in [1.165, 1.54) is 64.2 Å². The number of rotatable bonds is 10. The first-order chi connectivity index (χ1) is 24.4. The maximum absolute atomic E-state index is 13.6. The van der Waals surface area contributed by atoms with Crippen molar-refractivity contribution in [2.75, 3.05) is 0 Å². The van der Waals surface area contributed by atoms with Crippen LogP contribution in [0.1, 0.15) is 164 Å². The molecule has 4 fully saturated rings. The summed E-state index contributed by atoms with van der Waals surface area (Å²) in [5.74, 6) is 4.87. The molecule has 2 unspecified atom stereocenters. The Labute approximate surface area is 302 Å². The van der Waals surface area contributed by atoms with Crippen LogP contribution in [0.15, 0.2) is 48.5 Å². The van der Waals surface area contributed by atoms with E-state index in [1.54, 1.807) is 24.3 Å². The van der Waals surface area contributed by atoms with Gasteiger partial charge in [-0.05, 0) is 160 Å². The molecule has 7 heteroatoms. The maximum atomic E-state index is 13.6. The van der Waals surface area contributed by atoms with Crippen LogP contribution >= 0.6 is 0 Å². The van der Waals surface area contributed by atoms with Crippen molar-refractivity contribution >= 4 is 0 Å². The quantitative estimate of drug-likeness (QED) is 0.222. The molecule has 2 atom stereocenters. The second-order valence-electron chi connectivity index (χ2n) is 16.9. The summed E-state index contributed by atoms with van der Waals surface area (Å²) in [6.45, 7) is 4.58. The highest BCUT2D eigenvalue weighted by molar-refractivity contribution is 5.29. The van der Waals surface area contributed by atoms with Gasteiger partial charge >= 0.3 is 12.4 Å². The van der Waals surface area contributed by atoms with E-state index in [0.717, 1.165) is 110 Å². The van der Waals surface area contributed by atoms with Gasteiger partial charge in [0.1, 0.15) is 0 Å². The van der Waals surface area contributed by atoms with Gasteiger partial charge in [0, 0.05) is 0 Å². The van der Waals surface area contributed by atoms with Crippen LogP contribution in [0.4, 0.5) is 26.3 Å². The molecule has 284 valence electrons. The molecule has 0 saturated heterocycles. The fraction of sp³-hybridized carbons (Fsp3) is 0.727. The predicted octanol–water partition coefficient (Wildman–Crippen LogP) is 14.6. The molecule has 0 aromatic heterocycles. The van der Waals surface area contributed by atoms with E-state index < -0.39 is 35.7 Å². The first-order valence-corrected chi connectivity index (χ1v) is 20.4. The predicted molar refractivity (Wildman–Crippen MR) is 192 cm³/mol. The molecule has 0 amide bonds. The zero-order valence-corrected chi connectivity index (χ0v) is 30.8. The number of benzene rings is 2. The summed E-state index contributed by atoms with van der Waals surface area (Å²) in [7, 11) is 0. The lowest BCUT2D eigenvalue weighted by atomic mass is 9.67. The minimum absolute atomic E-state index is 0.145. The smallest absolute Gasteiger partial charge is 0.365 e. The molecule has 0 radical (unpaired) electrons. The Balaban J connectivity index is 1.23. The molecule has 4 aliphatic carbocycles. The standard InChI is InChI=1S/C44H60F6O/c1-3-29-5-9-31(10-6-29)33-13-17-35(18-14-33)41(37-21-25-39(26-22-37)43(45,46)47)51-42(38-23-27-40(28-24-38)44(48,49)50)36-19-15-34(16-20-36)32-11-7-30(4-2)8-12-32/h21-36,41-42H,3-20H2,1-2H3. The van der Waals surface area contributed by atoms with E-state index in [0.29, 0.717) is 11.8 Å². The third kappa shape index (κ3) is 9.75. The molecule has 51 heavy (non-hydrogen) atoms. The minimum Gasteiger partial charge on any atom is -0.365 e. The molecule has 1 nitrogen and oxygen atoms in total. The van der Waals surface area contributed by atoms with Crippen molar-refractivity contribution < 1.29 is 31.1 Å². The highest BCUT2D eigenvalue weighted by Gasteiger charge is 2.40. The van der Waals surface area contributed by atoms with Crippen LogP contribution in [-0.4, -0.2) is 0 Å². The molecule has 0 N–H and O–H groups in total. The monoisotopic (exact) mass is 718 g/mol. The number of ether oxygens (including phenoxy) is 1. The molecule has 4 aliphatic rings. The van der Waals surface area contributed by atoms with E-state index >= 15 is 0 Å². The van der Waals surface area contributed by atoms with Crippen LogP contribution in [0.3, 0.4) is 0 Å². The van der Waals surface area contributed by atoms with Crippen LogP contribution in [0.2, 0.25) is 0 Å². The van der Waals surface area contributed by atoms with Crippen molar-refractivity contribution in [3.8, 4) is 0 Å². The number of alkyl halides is 6. The van der Waals surface area contributed by atoms with Gasteiger partial charge < -0.3 is 4.74 Å². The van der Waals surface area contributed by atoms with Gasteiger partial charge in [-0.25, -0.2) is 0 Å². The molecule has 6 rings (SSSR count). The Kier molecular flexibility index (Phi) is 12.9. The van der Waals surface area contributed by atoms with Crippen LogP contribution in [0.5, 0.6) is 0 Å². The number of halogens is 6. The highest BCUT2D eigenvalue weighted by atomic mass is 19.4. The van der Waals surface area contributed by atoms with Gasteiger partial charge in [-0.1, -0.05) is 76.6 Å². The summed E-state index contributed by atoms with van der Waals surface area (Å²) in [6, 6.07) is 11.0. The first-order valence-electron chi connectivity index (χ1n) is 20.4. The minimum atomic E-state index is -4.43. The van der Waals surface area contributed by atoms with Gasteiger partial charge in [0.2, 0.25) is 0 Å². The van der Waals surface area contributed by atoms with Gasteiger partial charge in [-0.15, -0.1) is 0 Å². The zero-order chi connectivity index (χ0) is 36.2. The van der Waals surface area contributed by atoms with E-state index in [4.69, 9.17) is 4.74 Å². The molecule has 2 aromatic carbocycles. The highest BCUT2D eigenvalue weighted by Crippen LogP contribution is 2.50. The maximum Gasteiger partial charge on any atom is 0.416 e. The molecule has 4 saturated carbocycles. The summed E-state index contributed by atoms with van der Waals surface area (Å²) in [4.78, 5) is 0. The largest absolute Gasteiger partial charge is 0.416 e. The third-order valence-electron chi connectivity index (χ3n) is 14.2. The Morgan fingerprint density at radius 2 is 0.725 bits per heavy atom. The summed E-state index contributed by atoms with van der Waals surface area (Å²) in [6.07, 6.45) is 11.5. The van der Waals surface area contributed by atoms with Crippen LogP contribution in [-0.2, 0) is 17.1 Å². The van der Waals surface area contributed by atoms with E-state index in [9.17, 15) is 26.3 Å².